The zero-order valence-electron chi connectivity index (χ0n) is 18.2. The van der Waals surface area contributed by atoms with Crippen LogP contribution in [0.4, 0.5) is 0 Å². The van der Waals surface area contributed by atoms with Crippen molar-refractivity contribution in [2.75, 3.05) is 13.7 Å². The third-order valence-electron chi connectivity index (χ3n) is 6.88. The summed E-state index contributed by atoms with van der Waals surface area (Å²) >= 11 is 0. The Labute approximate surface area is 172 Å². The second-order valence-corrected chi connectivity index (χ2v) is 9.25. The molecular formula is C21H36O8. The smallest absolute Gasteiger partial charge is 0.308 e. The van der Waals surface area contributed by atoms with Crippen molar-refractivity contribution < 1.29 is 39.1 Å². The Kier molecular flexibility index (Phi) is 8.07. The molecule has 168 valence electrons. The van der Waals surface area contributed by atoms with Crippen LogP contribution in [-0.2, 0) is 28.7 Å². The van der Waals surface area contributed by atoms with Crippen molar-refractivity contribution in [3.63, 3.8) is 0 Å². The highest BCUT2D eigenvalue weighted by Crippen LogP contribution is 2.52. The van der Waals surface area contributed by atoms with E-state index in [0.717, 1.165) is 25.7 Å². The van der Waals surface area contributed by atoms with E-state index >= 15 is 0 Å². The Morgan fingerprint density at radius 3 is 2.48 bits per heavy atom. The van der Waals surface area contributed by atoms with Crippen molar-refractivity contribution in [3.05, 3.63) is 0 Å². The molecule has 0 spiro atoms. The molecule has 2 N–H and O–H groups in total. The van der Waals surface area contributed by atoms with Gasteiger partial charge in [-0.3, -0.25) is 14.8 Å². The SMILES string of the molecule is CO[C@@H](OC(=O)CCC(=O)O)[C@H](C)[C@@H]1CC[C@@H](C)[C@@H]2CCC(C)(C)OCC12OO. The maximum Gasteiger partial charge on any atom is 0.308 e. The predicted molar refractivity (Wildman–Crippen MR) is 104 cm³/mol. The van der Waals surface area contributed by atoms with Gasteiger partial charge in [0.05, 0.1) is 25.0 Å². The maximum absolute atomic E-state index is 12.1. The van der Waals surface area contributed by atoms with E-state index in [-0.39, 0.29) is 42.8 Å². The van der Waals surface area contributed by atoms with E-state index in [0.29, 0.717) is 5.92 Å². The minimum absolute atomic E-state index is 0.107. The highest BCUT2D eigenvalue weighted by molar-refractivity contribution is 5.76. The van der Waals surface area contributed by atoms with E-state index < -0.39 is 23.8 Å². The number of hydrogen-bond acceptors (Lipinski definition) is 7. The van der Waals surface area contributed by atoms with E-state index in [1.165, 1.54) is 7.11 Å². The molecule has 2 aliphatic rings. The Balaban J connectivity index is 2.22. The average Bonchev–Trinajstić information content (AvgIpc) is 2.81. The van der Waals surface area contributed by atoms with Gasteiger partial charge in [0.15, 0.2) is 0 Å². The average molecular weight is 417 g/mol. The lowest BCUT2D eigenvalue weighted by Gasteiger charge is -2.51. The highest BCUT2D eigenvalue weighted by Gasteiger charge is 2.57. The number of carbonyl (C=O) groups excluding carboxylic acids is 1. The molecule has 1 aliphatic heterocycles. The van der Waals surface area contributed by atoms with Gasteiger partial charge in [-0.25, -0.2) is 4.89 Å². The molecule has 8 heteroatoms. The van der Waals surface area contributed by atoms with Crippen LogP contribution < -0.4 is 0 Å². The molecule has 1 heterocycles. The molecule has 6 atom stereocenters. The van der Waals surface area contributed by atoms with Crippen molar-refractivity contribution >= 4 is 11.9 Å². The summed E-state index contributed by atoms with van der Waals surface area (Å²) in [6, 6.07) is 0. The molecule has 8 nitrogen and oxygen atoms in total. The molecular weight excluding hydrogens is 380 g/mol. The van der Waals surface area contributed by atoms with Gasteiger partial charge in [-0.1, -0.05) is 13.8 Å². The topological polar surface area (TPSA) is 112 Å². The fourth-order valence-corrected chi connectivity index (χ4v) is 5.10. The van der Waals surface area contributed by atoms with Crippen LogP contribution in [0.3, 0.4) is 0 Å². The molecule has 2 rings (SSSR count). The number of carboxylic acid groups (broad SMARTS) is 1. The second-order valence-electron chi connectivity index (χ2n) is 9.25. The monoisotopic (exact) mass is 416 g/mol. The van der Waals surface area contributed by atoms with E-state index in [4.69, 9.17) is 24.2 Å². The molecule has 0 radical (unpaired) electrons. The summed E-state index contributed by atoms with van der Waals surface area (Å²) in [6.45, 7) is 8.43. The first-order chi connectivity index (χ1) is 13.6. The summed E-state index contributed by atoms with van der Waals surface area (Å²) in [5, 5.41) is 18.9. The third-order valence-corrected chi connectivity index (χ3v) is 6.88. The van der Waals surface area contributed by atoms with Crippen LogP contribution in [0.25, 0.3) is 0 Å². The molecule has 0 bridgehead atoms. The van der Waals surface area contributed by atoms with Gasteiger partial charge in [0.1, 0.15) is 5.60 Å². The zero-order valence-corrected chi connectivity index (χ0v) is 18.2. The Morgan fingerprint density at radius 1 is 1.21 bits per heavy atom. The fourth-order valence-electron chi connectivity index (χ4n) is 5.10. The number of fused-ring (bicyclic) bond motifs is 1. The van der Waals surface area contributed by atoms with E-state index in [1.54, 1.807) is 0 Å². The van der Waals surface area contributed by atoms with Crippen LogP contribution in [0.2, 0.25) is 0 Å². The van der Waals surface area contributed by atoms with Gasteiger partial charge in [-0.15, -0.1) is 0 Å². The number of ether oxygens (including phenoxy) is 3. The van der Waals surface area contributed by atoms with Gasteiger partial charge < -0.3 is 19.3 Å². The first kappa shape index (κ1) is 24.1. The largest absolute Gasteiger partial charge is 0.481 e. The van der Waals surface area contributed by atoms with E-state index in [1.807, 2.05) is 20.8 Å². The number of carboxylic acids is 1. The van der Waals surface area contributed by atoms with Gasteiger partial charge in [-0.05, 0) is 51.4 Å². The third kappa shape index (κ3) is 5.48. The first-order valence-electron chi connectivity index (χ1n) is 10.5. The van der Waals surface area contributed by atoms with Crippen LogP contribution in [-0.4, -0.2) is 53.5 Å². The van der Waals surface area contributed by atoms with E-state index in [9.17, 15) is 14.8 Å². The van der Waals surface area contributed by atoms with Crippen LogP contribution in [0.1, 0.15) is 66.2 Å². The van der Waals surface area contributed by atoms with Gasteiger partial charge in [0.25, 0.3) is 0 Å². The summed E-state index contributed by atoms with van der Waals surface area (Å²) in [5.41, 5.74) is -1.21. The lowest BCUT2D eigenvalue weighted by atomic mass is 9.59. The minimum Gasteiger partial charge on any atom is -0.481 e. The van der Waals surface area contributed by atoms with Crippen molar-refractivity contribution in [2.45, 2.75) is 83.7 Å². The summed E-state index contributed by atoms with van der Waals surface area (Å²) < 4.78 is 17.0. The Hall–Kier alpha value is -1.22. The maximum atomic E-state index is 12.1. The molecule has 2 fully saturated rings. The van der Waals surface area contributed by atoms with Gasteiger partial charge >= 0.3 is 11.9 Å². The van der Waals surface area contributed by atoms with Crippen molar-refractivity contribution in [1.29, 1.82) is 0 Å². The molecule has 1 unspecified atom stereocenters. The summed E-state index contributed by atoms with van der Waals surface area (Å²) in [5.74, 6) is -1.64. The van der Waals surface area contributed by atoms with Crippen LogP contribution in [0.15, 0.2) is 0 Å². The minimum atomic E-state index is -1.06. The number of carbonyl (C=O) groups is 2. The number of esters is 1. The number of methoxy groups -OCH3 is 1. The summed E-state index contributed by atoms with van der Waals surface area (Å²) in [4.78, 5) is 28.0. The number of hydrogen-bond donors (Lipinski definition) is 2. The van der Waals surface area contributed by atoms with E-state index in [2.05, 4.69) is 6.92 Å². The molecule has 0 aromatic rings. The molecule has 0 aromatic carbocycles. The molecule has 1 aliphatic carbocycles. The number of aliphatic carboxylic acids is 1. The Bertz CT molecular complexity index is 577. The van der Waals surface area contributed by atoms with Crippen LogP contribution in [0.5, 0.6) is 0 Å². The zero-order chi connectivity index (χ0) is 21.8. The van der Waals surface area contributed by atoms with Crippen LogP contribution >= 0.6 is 0 Å². The van der Waals surface area contributed by atoms with Crippen molar-refractivity contribution in [1.82, 2.24) is 0 Å². The standard InChI is InChI=1S/C21H36O8/c1-13-6-7-16(14(2)19(26-5)28-18(24)9-8-17(22)23)21(29-25)12-27-20(3,4)11-10-15(13)21/h13-16,19,25H,6-12H2,1-5H3,(H,22,23)/t13-,14-,15+,16+,19+,21?/m1/s1. The van der Waals surface area contributed by atoms with Gasteiger partial charge in [0.2, 0.25) is 6.29 Å². The van der Waals surface area contributed by atoms with Gasteiger partial charge in [-0.2, -0.15) is 0 Å². The number of rotatable bonds is 8. The fraction of sp³-hybridized carbons (Fsp3) is 0.905. The lowest BCUT2D eigenvalue weighted by Crippen LogP contribution is -2.58. The molecule has 29 heavy (non-hydrogen) atoms. The normalized spacial score (nSPS) is 33.8. The Morgan fingerprint density at radius 2 is 1.90 bits per heavy atom. The molecule has 0 aromatic heterocycles. The lowest BCUT2D eigenvalue weighted by molar-refractivity contribution is -0.380. The summed E-state index contributed by atoms with van der Waals surface area (Å²) in [6.07, 6.45) is 2.10. The molecule has 0 amide bonds. The predicted octanol–water partition coefficient (Wildman–Crippen LogP) is 3.48. The van der Waals surface area contributed by atoms with Gasteiger partial charge in [0, 0.05) is 18.9 Å². The molecule has 1 saturated carbocycles. The molecule has 1 saturated heterocycles. The van der Waals surface area contributed by atoms with Crippen molar-refractivity contribution in [2.24, 2.45) is 23.7 Å². The van der Waals surface area contributed by atoms with Crippen LogP contribution in [0, 0.1) is 23.7 Å². The summed E-state index contributed by atoms with van der Waals surface area (Å²) in [7, 11) is 1.45. The highest BCUT2D eigenvalue weighted by atomic mass is 17.1. The quantitative estimate of drug-likeness (QED) is 0.268. The first-order valence-corrected chi connectivity index (χ1v) is 10.5. The van der Waals surface area contributed by atoms with Crippen molar-refractivity contribution in [3.8, 4) is 0 Å². The second kappa shape index (κ2) is 9.73.